The van der Waals surface area contributed by atoms with Gasteiger partial charge in [0, 0.05) is 41.3 Å². The molecular weight excluding hydrogens is 280 g/mol. The Morgan fingerprint density at radius 1 is 1.10 bits per heavy atom. The van der Waals surface area contributed by atoms with E-state index >= 15 is 0 Å². The number of fused-ring (bicyclic) bond motifs is 3. The van der Waals surface area contributed by atoms with Crippen molar-refractivity contribution < 1.29 is 4.74 Å². The number of ether oxygens (including phenoxy) is 1. The Morgan fingerprint density at radius 3 is 2.86 bits per heavy atom. The van der Waals surface area contributed by atoms with Crippen LogP contribution in [0.3, 0.4) is 0 Å². The van der Waals surface area contributed by atoms with Gasteiger partial charge in [0.1, 0.15) is 0 Å². The molecule has 0 bridgehead atoms. The van der Waals surface area contributed by atoms with Gasteiger partial charge in [0.15, 0.2) is 0 Å². The average molecular weight is 302 g/mol. The van der Waals surface area contributed by atoms with Crippen LogP contribution in [-0.2, 0) is 24.0 Å². The first-order valence-corrected chi connectivity index (χ1v) is 9.02. The molecule has 3 nitrogen and oxygen atoms in total. The number of aliphatic imine (C=N–C) groups is 2. The Labute approximate surface area is 130 Å². The molecule has 21 heavy (non-hydrogen) atoms. The normalized spacial score (nSPS) is 23.0. The van der Waals surface area contributed by atoms with Crippen LogP contribution < -0.4 is 0 Å². The van der Waals surface area contributed by atoms with Gasteiger partial charge in [-0.05, 0) is 50.5 Å². The van der Waals surface area contributed by atoms with Gasteiger partial charge in [0.2, 0.25) is 0 Å². The molecule has 1 fully saturated rings. The van der Waals surface area contributed by atoms with Crippen molar-refractivity contribution in [3.05, 3.63) is 20.9 Å². The van der Waals surface area contributed by atoms with Crippen LogP contribution in [0.25, 0.3) is 0 Å². The van der Waals surface area contributed by atoms with E-state index < -0.39 is 0 Å². The summed E-state index contributed by atoms with van der Waals surface area (Å²) >= 11 is 2.04. The molecule has 1 aromatic heterocycles. The fourth-order valence-electron chi connectivity index (χ4n) is 3.57. The Hall–Kier alpha value is -1.00. The Morgan fingerprint density at radius 2 is 1.95 bits per heavy atom. The predicted molar refractivity (Wildman–Crippen MR) is 88.4 cm³/mol. The lowest BCUT2D eigenvalue weighted by Gasteiger charge is -2.18. The van der Waals surface area contributed by atoms with Gasteiger partial charge in [-0.1, -0.05) is 0 Å². The van der Waals surface area contributed by atoms with Crippen molar-refractivity contribution in [1.82, 2.24) is 0 Å². The summed E-state index contributed by atoms with van der Waals surface area (Å²) in [5.74, 6) is 0. The maximum atomic E-state index is 5.41. The Kier molecular flexibility index (Phi) is 3.91. The highest BCUT2D eigenvalue weighted by Crippen LogP contribution is 2.37. The zero-order valence-corrected chi connectivity index (χ0v) is 13.3. The van der Waals surface area contributed by atoms with Gasteiger partial charge in [-0.2, -0.15) is 0 Å². The van der Waals surface area contributed by atoms with Gasteiger partial charge in [-0.3, -0.25) is 9.98 Å². The second-order valence-electron chi connectivity index (χ2n) is 6.15. The molecule has 112 valence electrons. The summed E-state index contributed by atoms with van der Waals surface area (Å²) in [7, 11) is 0. The molecule has 1 aliphatic carbocycles. The third-order valence-electron chi connectivity index (χ3n) is 4.69. The molecule has 2 aliphatic heterocycles. The van der Waals surface area contributed by atoms with Crippen molar-refractivity contribution in [3.8, 4) is 0 Å². The van der Waals surface area contributed by atoms with E-state index in [1.54, 1.807) is 15.3 Å². The molecule has 0 unspecified atom stereocenters. The minimum atomic E-state index is 0.430. The molecule has 0 saturated carbocycles. The van der Waals surface area contributed by atoms with Crippen LogP contribution in [0.15, 0.2) is 9.98 Å². The van der Waals surface area contributed by atoms with Gasteiger partial charge in [-0.25, -0.2) is 0 Å². The van der Waals surface area contributed by atoms with Crippen LogP contribution in [0.1, 0.15) is 46.6 Å². The third kappa shape index (κ3) is 2.71. The predicted octanol–water partition coefficient (Wildman–Crippen LogP) is 3.22. The van der Waals surface area contributed by atoms with Crippen LogP contribution in [0.5, 0.6) is 0 Å². The summed E-state index contributed by atoms with van der Waals surface area (Å²) in [6.45, 7) is 2.66. The van der Waals surface area contributed by atoms with E-state index in [-0.39, 0.29) is 0 Å². The van der Waals surface area contributed by atoms with Crippen LogP contribution in [0.2, 0.25) is 0 Å². The molecule has 0 spiro atoms. The molecule has 0 atom stereocenters. The van der Waals surface area contributed by atoms with Gasteiger partial charge in [-0.15, -0.1) is 11.3 Å². The second-order valence-corrected chi connectivity index (χ2v) is 7.34. The number of aryl methyl sites for hydroxylation is 2. The molecule has 4 heteroatoms. The SMILES string of the molecule is C(=NC1CCOCC1)C1=NCCCc2sc3c(c21)CCC3. The first-order valence-electron chi connectivity index (χ1n) is 8.21. The molecule has 0 aromatic carbocycles. The zero-order chi connectivity index (χ0) is 14.1. The van der Waals surface area contributed by atoms with Crippen molar-refractivity contribution in [2.45, 2.75) is 51.0 Å². The van der Waals surface area contributed by atoms with E-state index in [1.165, 1.54) is 37.7 Å². The molecule has 0 radical (unpaired) electrons. The van der Waals surface area contributed by atoms with Crippen LogP contribution in [0.4, 0.5) is 0 Å². The van der Waals surface area contributed by atoms with Crippen LogP contribution in [0, 0.1) is 0 Å². The molecule has 0 N–H and O–H groups in total. The van der Waals surface area contributed by atoms with Crippen molar-refractivity contribution in [2.75, 3.05) is 19.8 Å². The van der Waals surface area contributed by atoms with E-state index in [9.17, 15) is 0 Å². The summed E-state index contributed by atoms with van der Waals surface area (Å²) < 4.78 is 5.41. The maximum absolute atomic E-state index is 5.41. The lowest BCUT2D eigenvalue weighted by Crippen LogP contribution is -2.19. The van der Waals surface area contributed by atoms with E-state index in [2.05, 4.69) is 6.21 Å². The van der Waals surface area contributed by atoms with Gasteiger partial charge in [0.05, 0.1) is 11.8 Å². The fourth-order valence-corrected chi connectivity index (χ4v) is 5.02. The quantitative estimate of drug-likeness (QED) is 0.772. The summed E-state index contributed by atoms with van der Waals surface area (Å²) in [5.41, 5.74) is 4.21. The molecule has 3 heterocycles. The monoisotopic (exact) mass is 302 g/mol. The lowest BCUT2D eigenvalue weighted by molar-refractivity contribution is 0.0872. The van der Waals surface area contributed by atoms with Crippen molar-refractivity contribution in [3.63, 3.8) is 0 Å². The zero-order valence-electron chi connectivity index (χ0n) is 12.4. The first kappa shape index (κ1) is 13.6. The number of thiophene rings is 1. The fraction of sp³-hybridized carbons (Fsp3) is 0.647. The van der Waals surface area contributed by atoms with Gasteiger partial charge < -0.3 is 4.74 Å². The second kappa shape index (κ2) is 6.01. The topological polar surface area (TPSA) is 34.0 Å². The molecule has 0 amide bonds. The van der Waals surface area contributed by atoms with E-state index in [0.29, 0.717) is 6.04 Å². The third-order valence-corrected chi connectivity index (χ3v) is 6.04. The van der Waals surface area contributed by atoms with E-state index in [4.69, 9.17) is 14.7 Å². The molecule has 4 rings (SSSR count). The lowest BCUT2D eigenvalue weighted by atomic mass is 10.0. The summed E-state index contributed by atoms with van der Waals surface area (Å²) in [4.78, 5) is 12.8. The Balaban J connectivity index is 1.63. The largest absolute Gasteiger partial charge is 0.381 e. The standard InChI is InChI=1S/C17H22N2OS/c1-3-13-15(4-1)21-16-5-2-8-18-14(17(13)16)11-19-12-6-9-20-10-7-12/h11-12H,1-10H2. The number of rotatable bonds is 2. The van der Waals surface area contributed by atoms with Crippen molar-refractivity contribution in [1.29, 1.82) is 0 Å². The van der Waals surface area contributed by atoms with Gasteiger partial charge >= 0.3 is 0 Å². The van der Waals surface area contributed by atoms with E-state index in [1.807, 2.05) is 11.3 Å². The number of hydrogen-bond acceptors (Lipinski definition) is 4. The van der Waals surface area contributed by atoms with Gasteiger partial charge in [0.25, 0.3) is 0 Å². The number of nitrogens with zero attached hydrogens (tertiary/aromatic N) is 2. The summed E-state index contributed by atoms with van der Waals surface area (Å²) in [6, 6.07) is 0.430. The van der Waals surface area contributed by atoms with E-state index in [0.717, 1.165) is 38.3 Å². The van der Waals surface area contributed by atoms with Crippen molar-refractivity contribution >= 4 is 23.3 Å². The maximum Gasteiger partial charge on any atom is 0.0838 e. The first-order chi connectivity index (χ1) is 10.4. The highest BCUT2D eigenvalue weighted by atomic mass is 32.1. The average Bonchev–Trinajstić information content (AvgIpc) is 3.03. The highest BCUT2D eigenvalue weighted by molar-refractivity contribution is 7.12. The van der Waals surface area contributed by atoms with Crippen LogP contribution in [-0.4, -0.2) is 37.7 Å². The number of hydrogen-bond donors (Lipinski definition) is 0. The Bertz CT molecular complexity index is 582. The molecule has 3 aliphatic rings. The minimum Gasteiger partial charge on any atom is -0.381 e. The highest BCUT2D eigenvalue weighted by Gasteiger charge is 2.25. The summed E-state index contributed by atoms with van der Waals surface area (Å²) in [5, 5.41) is 0. The van der Waals surface area contributed by atoms with Crippen LogP contribution >= 0.6 is 11.3 Å². The minimum absolute atomic E-state index is 0.430. The molecular formula is C17H22N2OS. The smallest absolute Gasteiger partial charge is 0.0838 e. The molecule has 1 saturated heterocycles. The summed E-state index contributed by atoms with van der Waals surface area (Å²) in [6.07, 6.45) is 10.4. The molecule has 1 aromatic rings. The van der Waals surface area contributed by atoms with Crippen molar-refractivity contribution in [2.24, 2.45) is 9.98 Å².